The van der Waals surface area contributed by atoms with Crippen molar-refractivity contribution in [3.05, 3.63) is 23.8 Å². The maximum Gasteiger partial charge on any atom is 0.161 e. The van der Waals surface area contributed by atoms with Crippen molar-refractivity contribution in [2.75, 3.05) is 26.9 Å². The molecule has 0 saturated carbocycles. The first-order valence-electron chi connectivity index (χ1n) is 7.91. The quantitative estimate of drug-likeness (QED) is 0.837. The molecule has 0 aromatic heterocycles. The zero-order valence-electron chi connectivity index (χ0n) is 13.6. The van der Waals surface area contributed by atoms with Crippen LogP contribution in [0.3, 0.4) is 0 Å². The second-order valence-corrected chi connectivity index (χ2v) is 5.33. The van der Waals surface area contributed by atoms with Crippen LogP contribution in [0, 0.1) is 0 Å². The van der Waals surface area contributed by atoms with Gasteiger partial charge in [-0.3, -0.25) is 0 Å². The second kappa shape index (κ2) is 7.14. The second-order valence-electron chi connectivity index (χ2n) is 5.33. The van der Waals surface area contributed by atoms with Crippen LogP contribution >= 0.6 is 0 Å². The van der Waals surface area contributed by atoms with Gasteiger partial charge in [-0.25, -0.2) is 0 Å². The topological polar surface area (TPSA) is 39.7 Å². The van der Waals surface area contributed by atoms with Crippen LogP contribution in [0.15, 0.2) is 18.2 Å². The van der Waals surface area contributed by atoms with E-state index in [-0.39, 0.29) is 11.6 Å². The van der Waals surface area contributed by atoms with E-state index in [1.165, 1.54) is 5.56 Å². The molecule has 0 spiro atoms. The normalized spacial score (nSPS) is 15.8. The van der Waals surface area contributed by atoms with E-state index < -0.39 is 0 Å². The van der Waals surface area contributed by atoms with Gasteiger partial charge in [-0.05, 0) is 44.5 Å². The maximum atomic E-state index is 6.14. The first-order valence-corrected chi connectivity index (χ1v) is 7.91. The molecule has 1 aliphatic heterocycles. The van der Waals surface area contributed by atoms with Gasteiger partial charge in [-0.1, -0.05) is 19.9 Å². The van der Waals surface area contributed by atoms with Crippen molar-refractivity contribution in [3.63, 3.8) is 0 Å². The average molecular weight is 293 g/mol. The Balaban J connectivity index is 2.35. The summed E-state index contributed by atoms with van der Waals surface area (Å²) in [6.07, 6.45) is 1.91. The number of hydrogen-bond acceptors (Lipinski definition) is 4. The number of likely N-dealkylation sites (N-methyl/N-ethyl adjacent to an activating group) is 1. The molecule has 21 heavy (non-hydrogen) atoms. The largest absolute Gasteiger partial charge is 0.486 e. The summed E-state index contributed by atoms with van der Waals surface area (Å²) >= 11 is 0. The lowest BCUT2D eigenvalue weighted by atomic mass is 9.83. The molecule has 1 aromatic carbocycles. The fraction of sp³-hybridized carbons (Fsp3) is 0.647. The molecule has 2 rings (SSSR count). The van der Waals surface area contributed by atoms with Gasteiger partial charge in [0.1, 0.15) is 13.2 Å². The van der Waals surface area contributed by atoms with Crippen molar-refractivity contribution in [3.8, 4) is 11.5 Å². The molecule has 4 heteroatoms. The zero-order valence-corrected chi connectivity index (χ0v) is 13.6. The third-order valence-corrected chi connectivity index (χ3v) is 4.34. The molecule has 1 heterocycles. The van der Waals surface area contributed by atoms with E-state index in [0.29, 0.717) is 19.8 Å². The van der Waals surface area contributed by atoms with E-state index >= 15 is 0 Å². The Labute approximate surface area is 127 Å². The van der Waals surface area contributed by atoms with Gasteiger partial charge >= 0.3 is 0 Å². The summed E-state index contributed by atoms with van der Waals surface area (Å²) in [6, 6.07) is 6.31. The minimum absolute atomic E-state index is 0.128. The van der Waals surface area contributed by atoms with Crippen LogP contribution in [0.2, 0.25) is 0 Å². The van der Waals surface area contributed by atoms with E-state index in [4.69, 9.17) is 14.2 Å². The summed E-state index contributed by atoms with van der Waals surface area (Å²) in [5.74, 6) is 1.66. The third-order valence-electron chi connectivity index (χ3n) is 4.34. The number of benzene rings is 1. The monoisotopic (exact) mass is 293 g/mol. The Bertz CT molecular complexity index is 457. The molecular formula is C17H27NO3. The van der Waals surface area contributed by atoms with Crippen molar-refractivity contribution in [1.82, 2.24) is 5.32 Å². The Morgan fingerprint density at radius 1 is 1.14 bits per heavy atom. The van der Waals surface area contributed by atoms with Crippen molar-refractivity contribution in [2.45, 2.75) is 45.3 Å². The molecule has 1 N–H and O–H groups in total. The van der Waals surface area contributed by atoms with E-state index in [2.05, 4.69) is 38.2 Å². The van der Waals surface area contributed by atoms with Gasteiger partial charge in [0, 0.05) is 6.61 Å². The summed E-state index contributed by atoms with van der Waals surface area (Å²) in [7, 11) is 1.99. The first-order chi connectivity index (χ1) is 10.2. The highest BCUT2D eigenvalue weighted by atomic mass is 16.6. The molecule has 1 aromatic rings. The van der Waals surface area contributed by atoms with Crippen molar-refractivity contribution >= 4 is 0 Å². The van der Waals surface area contributed by atoms with E-state index in [0.717, 1.165) is 24.3 Å². The van der Waals surface area contributed by atoms with Gasteiger partial charge in [-0.2, -0.15) is 0 Å². The summed E-state index contributed by atoms with van der Waals surface area (Å²) in [5, 5.41) is 3.43. The predicted molar refractivity (Wildman–Crippen MR) is 84.2 cm³/mol. The van der Waals surface area contributed by atoms with Gasteiger partial charge < -0.3 is 19.5 Å². The molecule has 4 nitrogen and oxygen atoms in total. The smallest absolute Gasteiger partial charge is 0.161 e. The SMILES string of the molecule is CCOC(CC)(CC)C(NC)c1ccc2c(c1)OCCO2. The van der Waals surface area contributed by atoms with Crippen LogP contribution in [0.1, 0.15) is 45.2 Å². The number of hydrogen-bond donors (Lipinski definition) is 1. The summed E-state index contributed by atoms with van der Waals surface area (Å²) in [5.41, 5.74) is 0.978. The van der Waals surface area contributed by atoms with Crippen molar-refractivity contribution in [2.24, 2.45) is 0 Å². The molecule has 0 saturated heterocycles. The van der Waals surface area contributed by atoms with Crippen LogP contribution in [-0.2, 0) is 4.74 Å². The molecule has 1 atom stereocenters. The Morgan fingerprint density at radius 3 is 2.38 bits per heavy atom. The van der Waals surface area contributed by atoms with Crippen molar-refractivity contribution in [1.29, 1.82) is 0 Å². The Kier molecular flexibility index (Phi) is 5.48. The Morgan fingerprint density at radius 2 is 1.81 bits per heavy atom. The molecule has 0 radical (unpaired) electrons. The van der Waals surface area contributed by atoms with Crippen LogP contribution in [0.25, 0.3) is 0 Å². The molecule has 1 unspecified atom stereocenters. The minimum atomic E-state index is -0.201. The number of ether oxygens (including phenoxy) is 3. The molecule has 0 amide bonds. The minimum Gasteiger partial charge on any atom is -0.486 e. The lowest BCUT2D eigenvalue weighted by Gasteiger charge is -2.40. The molecule has 0 bridgehead atoms. The van der Waals surface area contributed by atoms with Crippen LogP contribution in [0.4, 0.5) is 0 Å². The van der Waals surface area contributed by atoms with E-state index in [9.17, 15) is 0 Å². The lowest BCUT2D eigenvalue weighted by molar-refractivity contribution is -0.0718. The van der Waals surface area contributed by atoms with Crippen LogP contribution in [0.5, 0.6) is 11.5 Å². The highest BCUT2D eigenvalue weighted by Crippen LogP contribution is 2.39. The van der Waals surface area contributed by atoms with Crippen molar-refractivity contribution < 1.29 is 14.2 Å². The van der Waals surface area contributed by atoms with Gasteiger partial charge in [0.2, 0.25) is 0 Å². The molecule has 0 aliphatic carbocycles. The van der Waals surface area contributed by atoms with Gasteiger partial charge in [0.15, 0.2) is 11.5 Å². The predicted octanol–water partition coefficient (Wildman–Crippen LogP) is 3.31. The fourth-order valence-electron chi connectivity index (χ4n) is 3.21. The third kappa shape index (κ3) is 3.16. The zero-order chi connectivity index (χ0) is 15.3. The standard InChI is InChI=1S/C17H27NO3/c1-5-17(6-2,21-7-3)16(18-4)13-8-9-14-15(12-13)20-11-10-19-14/h8-9,12,16,18H,5-7,10-11H2,1-4H3. The summed E-state index contributed by atoms with van der Waals surface area (Å²) < 4.78 is 17.5. The Hall–Kier alpha value is -1.26. The highest BCUT2D eigenvalue weighted by Gasteiger charge is 2.37. The fourth-order valence-corrected chi connectivity index (χ4v) is 3.21. The van der Waals surface area contributed by atoms with E-state index in [1.807, 2.05) is 13.1 Å². The van der Waals surface area contributed by atoms with Gasteiger partial charge in [-0.15, -0.1) is 0 Å². The molecule has 0 fully saturated rings. The first kappa shape index (κ1) is 16.1. The molecule has 1 aliphatic rings. The maximum absolute atomic E-state index is 6.14. The average Bonchev–Trinajstić information content (AvgIpc) is 2.54. The number of fused-ring (bicyclic) bond motifs is 1. The summed E-state index contributed by atoms with van der Waals surface area (Å²) in [4.78, 5) is 0. The van der Waals surface area contributed by atoms with Gasteiger partial charge in [0.05, 0.1) is 11.6 Å². The summed E-state index contributed by atoms with van der Waals surface area (Å²) in [6.45, 7) is 8.36. The lowest BCUT2D eigenvalue weighted by Crippen LogP contribution is -2.44. The molecular weight excluding hydrogens is 266 g/mol. The van der Waals surface area contributed by atoms with Crippen LogP contribution < -0.4 is 14.8 Å². The van der Waals surface area contributed by atoms with Gasteiger partial charge in [0.25, 0.3) is 0 Å². The van der Waals surface area contributed by atoms with Crippen LogP contribution in [-0.4, -0.2) is 32.5 Å². The van der Waals surface area contributed by atoms with E-state index in [1.54, 1.807) is 0 Å². The highest BCUT2D eigenvalue weighted by molar-refractivity contribution is 5.45. The molecule has 118 valence electrons. The number of rotatable bonds is 7. The number of nitrogens with one attached hydrogen (secondary N) is 1.